The summed E-state index contributed by atoms with van der Waals surface area (Å²) >= 11 is 2.05. The number of benzene rings is 2. The molecule has 0 radical (unpaired) electrons. The molecule has 2 aromatic rings. The molecule has 0 spiro atoms. The maximum absolute atomic E-state index is 13.2. The van der Waals surface area contributed by atoms with Crippen LogP contribution in [-0.4, -0.2) is 11.8 Å². The molecule has 6 heteroatoms. The smallest absolute Gasteiger partial charge is 0.266 e. The Morgan fingerprint density at radius 2 is 1.45 bits per heavy atom. The Hall–Kier alpha value is -1.83. The number of fused-ring (bicyclic) bond motifs is 1. The largest absolute Gasteiger partial charge is 0.268 e. The van der Waals surface area contributed by atoms with Crippen molar-refractivity contribution in [1.29, 1.82) is 0 Å². The predicted molar refractivity (Wildman–Crippen MR) is 76.7 cm³/mol. The van der Waals surface area contributed by atoms with Gasteiger partial charge in [0.25, 0.3) is 11.8 Å². The van der Waals surface area contributed by atoms with Gasteiger partial charge in [-0.05, 0) is 52.9 Å². The summed E-state index contributed by atoms with van der Waals surface area (Å²) < 4.78 is 27.3. The van der Waals surface area contributed by atoms with Crippen LogP contribution in [0.3, 0.4) is 0 Å². The van der Waals surface area contributed by atoms with Gasteiger partial charge in [-0.25, -0.2) is 13.7 Å². The normalized spacial score (nSPS) is 13.8. The molecule has 0 saturated carbocycles. The van der Waals surface area contributed by atoms with Crippen LogP contribution < -0.4 is 4.90 Å². The number of carbonyl (C=O) groups excluding carboxylic acids is 2. The lowest BCUT2D eigenvalue weighted by Crippen LogP contribution is -2.29. The number of amides is 2. The molecule has 1 aliphatic rings. The van der Waals surface area contributed by atoms with E-state index in [0.717, 1.165) is 20.6 Å². The van der Waals surface area contributed by atoms with E-state index in [9.17, 15) is 18.4 Å². The Morgan fingerprint density at radius 1 is 0.900 bits per heavy atom. The molecule has 0 aromatic heterocycles. The number of halogens is 3. The molecular formula is C14H6F2INO2. The minimum absolute atomic E-state index is 0.118. The number of hydrogen-bond donors (Lipinski definition) is 0. The Bertz CT molecular complexity index is 720. The highest BCUT2D eigenvalue weighted by Gasteiger charge is 2.37. The number of carbonyl (C=O) groups is 2. The van der Waals surface area contributed by atoms with Crippen molar-refractivity contribution < 1.29 is 18.4 Å². The molecule has 3 rings (SSSR count). The lowest BCUT2D eigenvalue weighted by molar-refractivity contribution is 0.0926. The zero-order chi connectivity index (χ0) is 14.4. The number of nitrogens with zero attached hydrogens (tertiary/aromatic N) is 1. The van der Waals surface area contributed by atoms with Gasteiger partial charge in [-0.2, -0.15) is 0 Å². The van der Waals surface area contributed by atoms with Gasteiger partial charge in [-0.1, -0.05) is 6.07 Å². The average Bonchev–Trinajstić information content (AvgIpc) is 2.63. The number of rotatable bonds is 1. The summed E-state index contributed by atoms with van der Waals surface area (Å²) in [6.07, 6.45) is 0. The molecule has 0 atom stereocenters. The standard InChI is InChI=1S/C14H6F2INO2/c15-11-5-9-10(6-12(11)16)14(20)18(13(9)19)8-3-1-2-7(17)4-8/h1-6H. The van der Waals surface area contributed by atoms with Crippen molar-refractivity contribution >= 4 is 40.1 Å². The summed E-state index contributed by atoms with van der Waals surface area (Å²) in [5, 5.41) is 0. The average molecular weight is 385 g/mol. The van der Waals surface area contributed by atoms with Crippen molar-refractivity contribution in [2.24, 2.45) is 0 Å². The fourth-order valence-electron chi connectivity index (χ4n) is 2.08. The van der Waals surface area contributed by atoms with E-state index in [1.54, 1.807) is 18.2 Å². The number of hydrogen-bond acceptors (Lipinski definition) is 2. The molecule has 20 heavy (non-hydrogen) atoms. The number of anilines is 1. The molecule has 0 aliphatic carbocycles. The second-order valence-electron chi connectivity index (χ2n) is 4.24. The van der Waals surface area contributed by atoms with Crippen LogP contribution in [0.15, 0.2) is 36.4 Å². The predicted octanol–water partition coefficient (Wildman–Crippen LogP) is 3.37. The van der Waals surface area contributed by atoms with Gasteiger partial charge in [-0.15, -0.1) is 0 Å². The Balaban J connectivity index is 2.14. The second kappa shape index (κ2) is 4.62. The molecular weight excluding hydrogens is 379 g/mol. The zero-order valence-corrected chi connectivity index (χ0v) is 12.0. The number of imide groups is 1. The quantitative estimate of drug-likeness (QED) is 0.558. The van der Waals surface area contributed by atoms with E-state index < -0.39 is 23.4 Å². The van der Waals surface area contributed by atoms with Crippen LogP contribution in [0.1, 0.15) is 20.7 Å². The maximum Gasteiger partial charge on any atom is 0.266 e. The van der Waals surface area contributed by atoms with Crippen LogP contribution in [-0.2, 0) is 0 Å². The van der Waals surface area contributed by atoms with E-state index in [2.05, 4.69) is 0 Å². The van der Waals surface area contributed by atoms with Crippen molar-refractivity contribution in [3.63, 3.8) is 0 Å². The summed E-state index contributed by atoms with van der Waals surface area (Å²) in [6, 6.07) is 8.27. The first-order chi connectivity index (χ1) is 9.49. The topological polar surface area (TPSA) is 37.4 Å². The van der Waals surface area contributed by atoms with Gasteiger partial charge in [-0.3, -0.25) is 9.59 Å². The first-order valence-electron chi connectivity index (χ1n) is 5.62. The van der Waals surface area contributed by atoms with E-state index >= 15 is 0 Å². The van der Waals surface area contributed by atoms with Crippen molar-refractivity contribution in [3.8, 4) is 0 Å². The van der Waals surface area contributed by atoms with Gasteiger partial charge < -0.3 is 0 Å². The molecule has 1 aliphatic heterocycles. The SMILES string of the molecule is O=C1c2cc(F)c(F)cc2C(=O)N1c1cccc(I)c1. The summed E-state index contributed by atoms with van der Waals surface area (Å²) in [4.78, 5) is 25.3. The summed E-state index contributed by atoms with van der Waals surface area (Å²) in [6.45, 7) is 0. The van der Waals surface area contributed by atoms with E-state index in [4.69, 9.17) is 0 Å². The van der Waals surface area contributed by atoms with E-state index in [1.165, 1.54) is 0 Å². The molecule has 3 nitrogen and oxygen atoms in total. The van der Waals surface area contributed by atoms with E-state index in [1.807, 2.05) is 28.7 Å². The van der Waals surface area contributed by atoms with Gasteiger partial charge >= 0.3 is 0 Å². The van der Waals surface area contributed by atoms with Crippen LogP contribution in [0, 0.1) is 15.2 Å². The summed E-state index contributed by atoms with van der Waals surface area (Å²) in [7, 11) is 0. The maximum atomic E-state index is 13.2. The molecule has 0 unspecified atom stereocenters. The zero-order valence-electron chi connectivity index (χ0n) is 9.86. The van der Waals surface area contributed by atoms with Crippen molar-refractivity contribution in [3.05, 3.63) is 62.7 Å². The van der Waals surface area contributed by atoms with Crippen molar-refractivity contribution in [2.75, 3.05) is 4.90 Å². The highest BCUT2D eigenvalue weighted by atomic mass is 127. The highest BCUT2D eigenvalue weighted by molar-refractivity contribution is 14.1. The van der Waals surface area contributed by atoms with Crippen LogP contribution in [0.5, 0.6) is 0 Å². The monoisotopic (exact) mass is 385 g/mol. The van der Waals surface area contributed by atoms with Crippen molar-refractivity contribution in [2.45, 2.75) is 0 Å². The van der Waals surface area contributed by atoms with Crippen LogP contribution in [0.2, 0.25) is 0 Å². The summed E-state index contributed by atoms with van der Waals surface area (Å²) in [5.41, 5.74) is 0.143. The minimum Gasteiger partial charge on any atom is -0.268 e. The van der Waals surface area contributed by atoms with E-state index in [-0.39, 0.29) is 11.1 Å². The van der Waals surface area contributed by atoms with Crippen LogP contribution >= 0.6 is 22.6 Å². The summed E-state index contributed by atoms with van der Waals surface area (Å²) in [5.74, 6) is -3.58. The molecule has 0 saturated heterocycles. The molecule has 100 valence electrons. The Morgan fingerprint density at radius 3 is 1.95 bits per heavy atom. The Labute approximate surface area is 126 Å². The van der Waals surface area contributed by atoms with Crippen LogP contribution in [0.25, 0.3) is 0 Å². The van der Waals surface area contributed by atoms with Gasteiger partial charge in [0.15, 0.2) is 11.6 Å². The molecule has 2 aromatic carbocycles. The second-order valence-corrected chi connectivity index (χ2v) is 5.48. The highest BCUT2D eigenvalue weighted by Crippen LogP contribution is 2.30. The minimum atomic E-state index is -1.14. The first kappa shape index (κ1) is 13.2. The van der Waals surface area contributed by atoms with Crippen molar-refractivity contribution in [1.82, 2.24) is 0 Å². The molecule has 1 heterocycles. The lowest BCUT2D eigenvalue weighted by atomic mass is 10.1. The molecule has 0 fully saturated rings. The van der Waals surface area contributed by atoms with Gasteiger partial charge in [0.2, 0.25) is 0 Å². The van der Waals surface area contributed by atoms with Gasteiger partial charge in [0.1, 0.15) is 0 Å². The fourth-order valence-corrected chi connectivity index (χ4v) is 2.61. The van der Waals surface area contributed by atoms with Gasteiger partial charge in [0, 0.05) is 3.57 Å². The van der Waals surface area contributed by atoms with Gasteiger partial charge in [0.05, 0.1) is 16.8 Å². The third kappa shape index (κ3) is 1.91. The molecule has 0 bridgehead atoms. The first-order valence-corrected chi connectivity index (χ1v) is 6.70. The van der Waals surface area contributed by atoms with Crippen LogP contribution in [0.4, 0.5) is 14.5 Å². The molecule has 0 N–H and O–H groups in total. The third-order valence-electron chi connectivity index (χ3n) is 2.99. The Kier molecular flexibility index (Phi) is 3.04. The third-order valence-corrected chi connectivity index (χ3v) is 3.66. The molecule has 2 amide bonds. The van der Waals surface area contributed by atoms with E-state index in [0.29, 0.717) is 5.69 Å². The fraction of sp³-hybridized carbons (Fsp3) is 0. The lowest BCUT2D eigenvalue weighted by Gasteiger charge is -2.13.